The topological polar surface area (TPSA) is 137 Å². The van der Waals surface area contributed by atoms with Gasteiger partial charge in [0.05, 0.1) is 19.6 Å². The Morgan fingerprint density at radius 1 is 1.04 bits per heavy atom. The van der Waals surface area contributed by atoms with Crippen molar-refractivity contribution in [2.45, 2.75) is 57.0 Å². The number of hydrogen-bond acceptors (Lipinski definition) is 7. The second-order valence-electron chi connectivity index (χ2n) is 5.49. The van der Waals surface area contributed by atoms with E-state index >= 15 is 0 Å². The lowest BCUT2D eigenvalue weighted by Gasteiger charge is -2.17. The smallest absolute Gasteiger partial charge is 0.306 e. The van der Waals surface area contributed by atoms with E-state index in [-0.39, 0.29) is 32.0 Å². The second kappa shape index (κ2) is 8.62. The summed E-state index contributed by atoms with van der Waals surface area (Å²) in [6.07, 6.45) is -1.49. The average molecular weight is 341 g/mol. The highest BCUT2D eigenvalue weighted by Crippen LogP contribution is 2.31. The van der Waals surface area contributed by atoms with Gasteiger partial charge >= 0.3 is 11.9 Å². The number of hydrogen-bond donors (Lipinski definition) is 0. The third kappa shape index (κ3) is 4.67. The SMILES string of the molecule is CCCC(=O)O[C@@H]1CO[C@H]2[C@@H]1OC[C@@H]2OC(=O)CCC(=O)N=[N+]=[N-]. The van der Waals surface area contributed by atoms with Crippen LogP contribution >= 0.6 is 0 Å². The van der Waals surface area contributed by atoms with Gasteiger partial charge in [-0.25, -0.2) is 0 Å². The molecule has 0 aromatic rings. The summed E-state index contributed by atoms with van der Waals surface area (Å²) in [7, 11) is 0. The molecule has 2 fully saturated rings. The van der Waals surface area contributed by atoms with Crippen LogP contribution in [0.25, 0.3) is 10.4 Å². The van der Waals surface area contributed by atoms with Crippen molar-refractivity contribution in [3.63, 3.8) is 0 Å². The van der Waals surface area contributed by atoms with E-state index in [9.17, 15) is 14.4 Å². The Balaban J connectivity index is 1.79. The predicted molar refractivity (Wildman–Crippen MR) is 77.5 cm³/mol. The van der Waals surface area contributed by atoms with Crippen LogP contribution in [0, 0.1) is 0 Å². The Morgan fingerprint density at radius 3 is 2.08 bits per heavy atom. The molecule has 0 N–H and O–H groups in total. The number of esters is 2. The molecule has 10 heteroatoms. The third-order valence-electron chi connectivity index (χ3n) is 3.68. The van der Waals surface area contributed by atoms with Crippen LogP contribution in [0.15, 0.2) is 5.11 Å². The second-order valence-corrected chi connectivity index (χ2v) is 5.49. The monoisotopic (exact) mass is 341 g/mol. The fraction of sp³-hybridized carbons (Fsp3) is 0.786. The van der Waals surface area contributed by atoms with Gasteiger partial charge in [-0.15, -0.1) is 0 Å². The molecule has 132 valence electrons. The standard InChI is InChI=1S/C14H19N3O7/c1-2-3-11(19)23-8-6-21-14-9(7-22-13(8)14)24-12(20)5-4-10(18)16-17-15/h8-9,13-14H,2-7H2,1H3/t8-,9+,13-,14-/m1/s1. The predicted octanol–water partition coefficient (Wildman–Crippen LogP) is 1.02. The van der Waals surface area contributed by atoms with Gasteiger partial charge in [0, 0.05) is 17.8 Å². The van der Waals surface area contributed by atoms with E-state index in [0.717, 1.165) is 0 Å². The zero-order valence-electron chi connectivity index (χ0n) is 13.3. The van der Waals surface area contributed by atoms with Gasteiger partial charge in [-0.1, -0.05) is 6.92 Å². The van der Waals surface area contributed by atoms with Crippen molar-refractivity contribution >= 4 is 17.8 Å². The zero-order chi connectivity index (χ0) is 17.5. The molecule has 2 heterocycles. The first-order chi connectivity index (χ1) is 11.5. The van der Waals surface area contributed by atoms with E-state index in [2.05, 4.69) is 10.0 Å². The Labute approximate surface area is 138 Å². The first kappa shape index (κ1) is 18.2. The molecule has 0 unspecified atom stereocenters. The molecule has 0 aromatic carbocycles. The van der Waals surface area contributed by atoms with Crippen LogP contribution in [0.4, 0.5) is 0 Å². The Bertz CT molecular complexity index is 546. The summed E-state index contributed by atoms with van der Waals surface area (Å²) in [5.74, 6) is -1.65. The molecule has 0 aromatic heterocycles. The van der Waals surface area contributed by atoms with E-state index in [1.807, 2.05) is 6.92 Å². The van der Waals surface area contributed by atoms with E-state index in [4.69, 9.17) is 24.5 Å². The van der Waals surface area contributed by atoms with Crippen LogP contribution in [0.2, 0.25) is 0 Å². The quantitative estimate of drug-likeness (QED) is 0.292. The molecule has 0 radical (unpaired) electrons. The van der Waals surface area contributed by atoms with Crippen molar-refractivity contribution in [3.8, 4) is 0 Å². The molecule has 24 heavy (non-hydrogen) atoms. The summed E-state index contributed by atoms with van der Waals surface area (Å²) in [4.78, 5) is 36.7. The first-order valence-corrected chi connectivity index (χ1v) is 7.75. The number of fused-ring (bicyclic) bond motifs is 1. The summed E-state index contributed by atoms with van der Waals surface area (Å²) in [6, 6.07) is 0. The maximum Gasteiger partial charge on any atom is 0.306 e. The molecule has 4 atom stereocenters. The number of nitrogens with zero attached hydrogens (tertiary/aromatic N) is 3. The van der Waals surface area contributed by atoms with Crippen LogP contribution in [-0.4, -0.2) is 55.5 Å². The fourth-order valence-electron chi connectivity index (χ4n) is 2.60. The number of azide groups is 1. The van der Waals surface area contributed by atoms with Crippen LogP contribution < -0.4 is 0 Å². The Hall–Kier alpha value is -2.16. The summed E-state index contributed by atoms with van der Waals surface area (Å²) in [5.41, 5.74) is 8.11. The molecule has 10 nitrogen and oxygen atoms in total. The lowest BCUT2D eigenvalue weighted by molar-refractivity contribution is -0.155. The molecule has 0 saturated carbocycles. The highest BCUT2D eigenvalue weighted by molar-refractivity contribution is 5.81. The van der Waals surface area contributed by atoms with Gasteiger partial charge in [0.2, 0.25) is 5.91 Å². The lowest BCUT2D eigenvalue weighted by atomic mass is 10.1. The summed E-state index contributed by atoms with van der Waals surface area (Å²) >= 11 is 0. The van der Waals surface area contributed by atoms with Crippen molar-refractivity contribution < 1.29 is 33.3 Å². The Kier molecular flexibility index (Phi) is 6.53. The fourth-order valence-corrected chi connectivity index (χ4v) is 2.60. The number of carbonyl (C=O) groups is 3. The summed E-state index contributed by atoms with van der Waals surface area (Å²) < 4.78 is 21.6. The molecular weight excluding hydrogens is 322 g/mol. The van der Waals surface area contributed by atoms with Crippen LogP contribution in [0.3, 0.4) is 0 Å². The van der Waals surface area contributed by atoms with E-state index in [1.54, 1.807) is 0 Å². The van der Waals surface area contributed by atoms with E-state index in [0.29, 0.717) is 12.8 Å². The third-order valence-corrected chi connectivity index (χ3v) is 3.68. The minimum atomic E-state index is -0.727. The van der Waals surface area contributed by atoms with Crippen molar-refractivity contribution in [1.29, 1.82) is 0 Å². The zero-order valence-corrected chi connectivity index (χ0v) is 13.3. The molecule has 1 amide bonds. The maximum atomic E-state index is 11.7. The lowest BCUT2D eigenvalue weighted by Crippen LogP contribution is -2.36. The van der Waals surface area contributed by atoms with Crippen molar-refractivity contribution in [2.24, 2.45) is 5.11 Å². The van der Waals surface area contributed by atoms with Crippen molar-refractivity contribution in [3.05, 3.63) is 10.4 Å². The number of carbonyl (C=O) groups excluding carboxylic acids is 3. The number of amides is 1. The van der Waals surface area contributed by atoms with Gasteiger partial charge in [0.1, 0.15) is 12.2 Å². The molecule has 2 aliphatic heterocycles. The normalized spacial score (nSPS) is 27.9. The van der Waals surface area contributed by atoms with Gasteiger partial charge in [0.25, 0.3) is 0 Å². The first-order valence-electron chi connectivity index (χ1n) is 7.75. The van der Waals surface area contributed by atoms with E-state index in [1.165, 1.54) is 0 Å². The molecule has 2 aliphatic rings. The van der Waals surface area contributed by atoms with Gasteiger partial charge < -0.3 is 18.9 Å². The molecule has 0 spiro atoms. The molecule has 0 bridgehead atoms. The highest BCUT2D eigenvalue weighted by Gasteiger charge is 2.51. The van der Waals surface area contributed by atoms with Gasteiger partial charge in [-0.3, -0.25) is 14.4 Å². The van der Waals surface area contributed by atoms with Crippen molar-refractivity contribution in [2.75, 3.05) is 13.2 Å². The van der Waals surface area contributed by atoms with Gasteiger partial charge in [0.15, 0.2) is 12.2 Å². The minimum absolute atomic E-state index is 0.132. The molecule has 0 aliphatic carbocycles. The van der Waals surface area contributed by atoms with Crippen LogP contribution in [-0.2, 0) is 33.3 Å². The van der Waals surface area contributed by atoms with Gasteiger partial charge in [-0.05, 0) is 17.1 Å². The van der Waals surface area contributed by atoms with Crippen molar-refractivity contribution in [1.82, 2.24) is 0 Å². The highest BCUT2D eigenvalue weighted by atomic mass is 16.7. The number of ether oxygens (including phenoxy) is 4. The van der Waals surface area contributed by atoms with E-state index < -0.39 is 36.3 Å². The molecular formula is C14H19N3O7. The Morgan fingerprint density at radius 2 is 1.58 bits per heavy atom. The van der Waals surface area contributed by atoms with Crippen LogP contribution in [0.1, 0.15) is 32.6 Å². The summed E-state index contributed by atoms with van der Waals surface area (Å²) in [6.45, 7) is 2.20. The van der Waals surface area contributed by atoms with Crippen LogP contribution in [0.5, 0.6) is 0 Å². The number of rotatable bonds is 7. The average Bonchev–Trinajstić information content (AvgIpc) is 3.10. The van der Waals surface area contributed by atoms with Gasteiger partial charge in [-0.2, -0.15) is 0 Å². The summed E-state index contributed by atoms with van der Waals surface area (Å²) in [5, 5.41) is 2.87. The largest absolute Gasteiger partial charge is 0.457 e. The minimum Gasteiger partial charge on any atom is -0.457 e. The molecule has 2 rings (SSSR count). The maximum absolute atomic E-state index is 11.7. The molecule has 2 saturated heterocycles.